The van der Waals surface area contributed by atoms with E-state index in [9.17, 15) is 4.79 Å². The highest BCUT2D eigenvalue weighted by Crippen LogP contribution is 2.16. The Kier molecular flexibility index (Phi) is 4.76. The Labute approximate surface area is 102 Å². The van der Waals surface area contributed by atoms with Crippen LogP contribution in [0.3, 0.4) is 0 Å². The molecule has 0 radical (unpaired) electrons. The van der Waals surface area contributed by atoms with Crippen molar-refractivity contribution in [1.82, 2.24) is 10.6 Å². The van der Waals surface area contributed by atoms with Gasteiger partial charge in [-0.2, -0.15) is 0 Å². The highest BCUT2D eigenvalue weighted by molar-refractivity contribution is 5.78. The van der Waals surface area contributed by atoms with Gasteiger partial charge in [0.1, 0.15) is 0 Å². The molecule has 2 N–H and O–H groups in total. The molecule has 0 bridgehead atoms. The topological polar surface area (TPSA) is 59.6 Å². The van der Waals surface area contributed by atoms with Gasteiger partial charge in [0.05, 0.1) is 25.9 Å². The van der Waals surface area contributed by atoms with Crippen molar-refractivity contribution in [3.05, 3.63) is 0 Å². The van der Waals surface area contributed by atoms with Crippen LogP contribution in [0.25, 0.3) is 0 Å². The SMILES string of the molecule is CC1CC(C(=O)NCC2COCCO2)CCN1. The fraction of sp³-hybridized carbons (Fsp3) is 0.917. The number of carbonyl (C=O) groups is 1. The van der Waals surface area contributed by atoms with Gasteiger partial charge in [0.25, 0.3) is 0 Å². The van der Waals surface area contributed by atoms with E-state index in [1.807, 2.05) is 0 Å². The Bertz CT molecular complexity index is 254. The molecule has 2 aliphatic rings. The van der Waals surface area contributed by atoms with Crippen LogP contribution in [0.15, 0.2) is 0 Å². The summed E-state index contributed by atoms with van der Waals surface area (Å²) in [6.07, 6.45) is 1.87. The van der Waals surface area contributed by atoms with Crippen LogP contribution in [0.2, 0.25) is 0 Å². The fourth-order valence-electron chi connectivity index (χ4n) is 2.38. The molecule has 1 amide bonds. The van der Waals surface area contributed by atoms with Crippen LogP contribution in [-0.2, 0) is 14.3 Å². The Hall–Kier alpha value is -0.650. The van der Waals surface area contributed by atoms with Gasteiger partial charge in [0, 0.05) is 18.5 Å². The van der Waals surface area contributed by atoms with E-state index >= 15 is 0 Å². The van der Waals surface area contributed by atoms with Crippen LogP contribution in [0.4, 0.5) is 0 Å². The minimum absolute atomic E-state index is 0.0202. The Morgan fingerprint density at radius 1 is 1.47 bits per heavy atom. The third kappa shape index (κ3) is 3.94. The van der Waals surface area contributed by atoms with E-state index in [2.05, 4.69) is 17.6 Å². The monoisotopic (exact) mass is 242 g/mol. The van der Waals surface area contributed by atoms with Crippen LogP contribution in [-0.4, -0.2) is 51.0 Å². The second-order valence-electron chi connectivity index (χ2n) is 4.89. The van der Waals surface area contributed by atoms with Gasteiger partial charge in [-0.3, -0.25) is 4.79 Å². The van der Waals surface area contributed by atoms with Gasteiger partial charge in [0.2, 0.25) is 5.91 Å². The molecule has 2 saturated heterocycles. The molecule has 2 heterocycles. The van der Waals surface area contributed by atoms with Gasteiger partial charge in [-0.15, -0.1) is 0 Å². The van der Waals surface area contributed by atoms with Gasteiger partial charge in [-0.25, -0.2) is 0 Å². The number of amides is 1. The number of hydrogen-bond acceptors (Lipinski definition) is 4. The molecule has 0 aromatic carbocycles. The lowest BCUT2D eigenvalue weighted by atomic mass is 9.92. The lowest BCUT2D eigenvalue weighted by Gasteiger charge is -2.28. The van der Waals surface area contributed by atoms with E-state index in [1.54, 1.807) is 0 Å². The maximum absolute atomic E-state index is 12.0. The zero-order chi connectivity index (χ0) is 12.1. The largest absolute Gasteiger partial charge is 0.376 e. The summed E-state index contributed by atoms with van der Waals surface area (Å²) in [5.74, 6) is 0.309. The molecule has 2 aliphatic heterocycles. The highest BCUT2D eigenvalue weighted by Gasteiger charge is 2.25. The molecular weight excluding hydrogens is 220 g/mol. The van der Waals surface area contributed by atoms with Crippen molar-refractivity contribution in [2.45, 2.75) is 31.9 Å². The van der Waals surface area contributed by atoms with E-state index in [1.165, 1.54) is 0 Å². The molecule has 2 rings (SSSR count). The predicted molar refractivity (Wildman–Crippen MR) is 63.8 cm³/mol. The van der Waals surface area contributed by atoms with Crippen LogP contribution in [0, 0.1) is 5.92 Å². The number of ether oxygens (including phenoxy) is 2. The molecule has 0 aliphatic carbocycles. The first kappa shape index (κ1) is 12.8. The minimum atomic E-state index is 0.0202. The van der Waals surface area contributed by atoms with E-state index in [0.29, 0.717) is 32.4 Å². The Balaban J connectivity index is 1.69. The third-order valence-electron chi connectivity index (χ3n) is 3.38. The lowest BCUT2D eigenvalue weighted by Crippen LogP contribution is -2.45. The van der Waals surface area contributed by atoms with Gasteiger partial charge in [-0.1, -0.05) is 0 Å². The van der Waals surface area contributed by atoms with Crippen molar-refractivity contribution in [3.63, 3.8) is 0 Å². The summed E-state index contributed by atoms with van der Waals surface area (Å²) >= 11 is 0. The number of rotatable bonds is 3. The fourth-order valence-corrected chi connectivity index (χ4v) is 2.38. The zero-order valence-electron chi connectivity index (χ0n) is 10.4. The van der Waals surface area contributed by atoms with Crippen LogP contribution in [0.5, 0.6) is 0 Å². The molecule has 0 saturated carbocycles. The molecular formula is C12H22N2O3. The van der Waals surface area contributed by atoms with E-state index in [4.69, 9.17) is 9.47 Å². The molecule has 5 nitrogen and oxygen atoms in total. The van der Waals surface area contributed by atoms with E-state index in [-0.39, 0.29) is 17.9 Å². The normalized spacial score (nSPS) is 34.3. The second-order valence-corrected chi connectivity index (χ2v) is 4.89. The highest BCUT2D eigenvalue weighted by atomic mass is 16.6. The molecule has 0 spiro atoms. The predicted octanol–water partition coefficient (Wildman–Crippen LogP) is -0.0939. The Morgan fingerprint density at radius 3 is 3.06 bits per heavy atom. The summed E-state index contributed by atoms with van der Waals surface area (Å²) in [6.45, 7) is 5.50. The molecule has 3 atom stereocenters. The number of hydrogen-bond donors (Lipinski definition) is 2. The first-order valence-corrected chi connectivity index (χ1v) is 6.46. The molecule has 2 fully saturated rings. The smallest absolute Gasteiger partial charge is 0.223 e. The summed E-state index contributed by atoms with van der Waals surface area (Å²) in [5.41, 5.74) is 0. The first-order valence-electron chi connectivity index (χ1n) is 6.46. The Morgan fingerprint density at radius 2 is 2.35 bits per heavy atom. The molecule has 5 heteroatoms. The zero-order valence-corrected chi connectivity index (χ0v) is 10.4. The maximum atomic E-state index is 12.0. The summed E-state index contributed by atoms with van der Waals surface area (Å²) in [5, 5.41) is 6.32. The standard InChI is InChI=1S/C12H22N2O3/c1-9-6-10(2-3-13-9)12(15)14-7-11-8-16-4-5-17-11/h9-11,13H,2-8H2,1H3,(H,14,15). The third-order valence-corrected chi connectivity index (χ3v) is 3.38. The second kappa shape index (κ2) is 6.33. The van der Waals surface area contributed by atoms with Crippen LogP contribution >= 0.6 is 0 Å². The molecule has 17 heavy (non-hydrogen) atoms. The van der Waals surface area contributed by atoms with Gasteiger partial charge < -0.3 is 20.1 Å². The quantitative estimate of drug-likeness (QED) is 0.726. The average molecular weight is 242 g/mol. The van der Waals surface area contributed by atoms with Crippen LogP contribution in [0.1, 0.15) is 19.8 Å². The number of carbonyl (C=O) groups excluding carboxylic acids is 1. The van der Waals surface area contributed by atoms with Crippen molar-refractivity contribution >= 4 is 5.91 Å². The number of nitrogens with one attached hydrogen (secondary N) is 2. The number of piperidine rings is 1. The van der Waals surface area contributed by atoms with E-state index in [0.717, 1.165) is 19.4 Å². The average Bonchev–Trinajstić information content (AvgIpc) is 2.37. The molecule has 98 valence electrons. The maximum Gasteiger partial charge on any atom is 0.223 e. The van der Waals surface area contributed by atoms with Crippen molar-refractivity contribution in [1.29, 1.82) is 0 Å². The summed E-state index contributed by atoms with van der Waals surface area (Å²) in [6, 6.07) is 0.439. The van der Waals surface area contributed by atoms with E-state index < -0.39 is 0 Å². The van der Waals surface area contributed by atoms with Crippen molar-refractivity contribution in [2.24, 2.45) is 5.92 Å². The van der Waals surface area contributed by atoms with Crippen molar-refractivity contribution in [3.8, 4) is 0 Å². The minimum Gasteiger partial charge on any atom is -0.376 e. The van der Waals surface area contributed by atoms with Crippen molar-refractivity contribution in [2.75, 3.05) is 32.9 Å². The lowest BCUT2D eigenvalue weighted by molar-refractivity contribution is -0.128. The van der Waals surface area contributed by atoms with Gasteiger partial charge in [0.15, 0.2) is 0 Å². The van der Waals surface area contributed by atoms with Crippen molar-refractivity contribution < 1.29 is 14.3 Å². The summed E-state index contributed by atoms with van der Waals surface area (Å²) < 4.78 is 10.8. The van der Waals surface area contributed by atoms with Crippen LogP contribution < -0.4 is 10.6 Å². The molecule has 3 unspecified atom stereocenters. The van der Waals surface area contributed by atoms with Gasteiger partial charge in [-0.05, 0) is 26.3 Å². The molecule has 0 aromatic rings. The molecule has 0 aromatic heterocycles. The summed E-state index contributed by atoms with van der Waals surface area (Å²) in [4.78, 5) is 12.0. The van der Waals surface area contributed by atoms with Gasteiger partial charge >= 0.3 is 0 Å². The first-order chi connectivity index (χ1) is 8.25. The summed E-state index contributed by atoms with van der Waals surface area (Å²) in [7, 11) is 0.